The molecule has 90 valence electrons. The van der Waals surface area contributed by atoms with Gasteiger partial charge >= 0.3 is 0 Å². The fourth-order valence-corrected chi connectivity index (χ4v) is 2.33. The van der Waals surface area contributed by atoms with E-state index in [4.69, 9.17) is 0 Å². The molecule has 2 N–H and O–H groups in total. The molecule has 1 heterocycles. The van der Waals surface area contributed by atoms with Crippen LogP contribution in [-0.2, 0) is 10.0 Å². The Labute approximate surface area is 95.6 Å². The standard InChI is InChI=1S/C9H16N4O2S/c1-10-4-2-3-5-16(14,15)13-9-6-11-8-12-7-9/h6-8,10,13H,2-5H2,1H3. The van der Waals surface area contributed by atoms with Crippen molar-refractivity contribution in [1.82, 2.24) is 15.3 Å². The highest BCUT2D eigenvalue weighted by Crippen LogP contribution is 2.05. The molecule has 0 aliphatic heterocycles. The third kappa shape index (κ3) is 5.04. The summed E-state index contributed by atoms with van der Waals surface area (Å²) in [5.41, 5.74) is 0.399. The first-order valence-corrected chi connectivity index (χ1v) is 6.69. The summed E-state index contributed by atoms with van der Waals surface area (Å²) in [6.45, 7) is 0.823. The van der Waals surface area contributed by atoms with E-state index in [1.54, 1.807) is 0 Å². The van der Waals surface area contributed by atoms with Crippen molar-refractivity contribution in [3.63, 3.8) is 0 Å². The van der Waals surface area contributed by atoms with Gasteiger partial charge in [0, 0.05) is 0 Å². The summed E-state index contributed by atoms with van der Waals surface area (Å²) in [5, 5.41) is 2.97. The maximum Gasteiger partial charge on any atom is 0.232 e. The fourth-order valence-electron chi connectivity index (χ4n) is 1.18. The van der Waals surface area contributed by atoms with Gasteiger partial charge in [-0.25, -0.2) is 18.4 Å². The van der Waals surface area contributed by atoms with Crippen LogP contribution in [0.15, 0.2) is 18.7 Å². The molecule has 0 saturated carbocycles. The number of unbranched alkanes of at least 4 members (excludes halogenated alkanes) is 1. The van der Waals surface area contributed by atoms with Crippen LogP contribution in [0.25, 0.3) is 0 Å². The average molecular weight is 244 g/mol. The van der Waals surface area contributed by atoms with Crippen LogP contribution in [0, 0.1) is 0 Å². The first-order valence-electron chi connectivity index (χ1n) is 5.04. The van der Waals surface area contributed by atoms with E-state index in [1.807, 2.05) is 7.05 Å². The first kappa shape index (κ1) is 12.9. The molecule has 0 aliphatic rings. The lowest BCUT2D eigenvalue weighted by molar-refractivity contribution is 0.595. The number of sulfonamides is 1. The van der Waals surface area contributed by atoms with Crippen molar-refractivity contribution in [2.75, 3.05) is 24.1 Å². The zero-order chi connectivity index (χ0) is 11.9. The molecule has 1 aromatic rings. The van der Waals surface area contributed by atoms with E-state index in [9.17, 15) is 8.42 Å². The number of rotatable bonds is 7. The topological polar surface area (TPSA) is 84.0 Å². The van der Waals surface area contributed by atoms with E-state index in [1.165, 1.54) is 18.7 Å². The lowest BCUT2D eigenvalue weighted by Gasteiger charge is -2.06. The van der Waals surface area contributed by atoms with Gasteiger partial charge < -0.3 is 5.32 Å². The molecule has 0 bridgehead atoms. The summed E-state index contributed by atoms with van der Waals surface area (Å²) >= 11 is 0. The van der Waals surface area contributed by atoms with Crippen molar-refractivity contribution in [2.45, 2.75) is 12.8 Å². The van der Waals surface area contributed by atoms with E-state index in [2.05, 4.69) is 20.0 Å². The number of aromatic nitrogens is 2. The molecule has 0 radical (unpaired) electrons. The van der Waals surface area contributed by atoms with E-state index in [0.717, 1.165) is 13.0 Å². The Morgan fingerprint density at radius 2 is 1.94 bits per heavy atom. The largest absolute Gasteiger partial charge is 0.320 e. The first-order chi connectivity index (χ1) is 7.64. The molecule has 0 atom stereocenters. The number of nitrogens with zero attached hydrogens (tertiary/aromatic N) is 2. The summed E-state index contributed by atoms with van der Waals surface area (Å²) in [6.07, 6.45) is 5.67. The molecule has 0 amide bonds. The van der Waals surface area contributed by atoms with E-state index < -0.39 is 10.0 Å². The van der Waals surface area contributed by atoms with Crippen LogP contribution in [-0.4, -0.2) is 37.7 Å². The third-order valence-corrected chi connectivity index (χ3v) is 3.30. The predicted octanol–water partition coefficient (Wildman–Crippen LogP) is 0.218. The monoisotopic (exact) mass is 244 g/mol. The summed E-state index contributed by atoms with van der Waals surface area (Å²) in [5.74, 6) is 0.115. The van der Waals surface area contributed by atoms with Crippen molar-refractivity contribution < 1.29 is 8.42 Å². The van der Waals surface area contributed by atoms with Gasteiger partial charge in [-0.1, -0.05) is 0 Å². The van der Waals surface area contributed by atoms with Crippen molar-refractivity contribution >= 4 is 15.7 Å². The van der Waals surface area contributed by atoms with E-state index in [0.29, 0.717) is 12.1 Å². The molecule has 0 unspecified atom stereocenters. The Bertz CT molecular complexity index is 393. The molecule has 1 rings (SSSR count). The molecule has 0 aromatic carbocycles. The van der Waals surface area contributed by atoms with Crippen molar-refractivity contribution in [3.05, 3.63) is 18.7 Å². The Morgan fingerprint density at radius 1 is 1.25 bits per heavy atom. The Hall–Kier alpha value is -1.21. The summed E-state index contributed by atoms with van der Waals surface area (Å²) < 4.78 is 25.6. The van der Waals surface area contributed by atoms with Crippen LogP contribution in [0.3, 0.4) is 0 Å². The molecule has 6 nitrogen and oxygen atoms in total. The average Bonchev–Trinajstić information content (AvgIpc) is 2.25. The minimum atomic E-state index is -3.27. The highest BCUT2D eigenvalue weighted by Gasteiger charge is 2.09. The zero-order valence-electron chi connectivity index (χ0n) is 9.18. The van der Waals surface area contributed by atoms with Gasteiger partial charge in [-0.15, -0.1) is 0 Å². The van der Waals surface area contributed by atoms with Gasteiger partial charge in [-0.05, 0) is 26.4 Å². The number of anilines is 1. The highest BCUT2D eigenvalue weighted by atomic mass is 32.2. The van der Waals surface area contributed by atoms with Crippen LogP contribution < -0.4 is 10.0 Å². The number of hydrogen-bond donors (Lipinski definition) is 2. The Balaban J connectivity index is 2.40. The van der Waals surface area contributed by atoms with Gasteiger partial charge in [-0.3, -0.25) is 4.72 Å². The Kier molecular flexibility index (Phi) is 5.13. The zero-order valence-corrected chi connectivity index (χ0v) is 10.00. The maximum absolute atomic E-state index is 11.6. The molecular formula is C9H16N4O2S. The van der Waals surface area contributed by atoms with Crippen molar-refractivity contribution in [3.8, 4) is 0 Å². The van der Waals surface area contributed by atoms with Gasteiger partial charge in [0.05, 0.1) is 23.8 Å². The molecule has 16 heavy (non-hydrogen) atoms. The smallest absolute Gasteiger partial charge is 0.232 e. The molecule has 1 aromatic heterocycles. The predicted molar refractivity (Wildman–Crippen MR) is 62.6 cm³/mol. The number of nitrogens with one attached hydrogen (secondary N) is 2. The molecule has 7 heteroatoms. The van der Waals surface area contributed by atoms with Crippen molar-refractivity contribution in [2.24, 2.45) is 0 Å². The minimum Gasteiger partial charge on any atom is -0.320 e. The second-order valence-electron chi connectivity index (χ2n) is 3.36. The second kappa shape index (κ2) is 6.39. The SMILES string of the molecule is CNCCCCS(=O)(=O)Nc1cncnc1. The normalized spacial score (nSPS) is 11.3. The molecule has 0 aliphatic carbocycles. The molecule has 0 saturated heterocycles. The second-order valence-corrected chi connectivity index (χ2v) is 5.20. The van der Waals surface area contributed by atoms with Crippen LogP contribution in [0.5, 0.6) is 0 Å². The van der Waals surface area contributed by atoms with Gasteiger partial charge in [0.1, 0.15) is 6.33 Å². The van der Waals surface area contributed by atoms with E-state index in [-0.39, 0.29) is 5.75 Å². The maximum atomic E-state index is 11.6. The molecule has 0 fully saturated rings. The van der Waals surface area contributed by atoms with Gasteiger partial charge in [0.25, 0.3) is 0 Å². The molecular weight excluding hydrogens is 228 g/mol. The third-order valence-electron chi connectivity index (χ3n) is 1.92. The fraction of sp³-hybridized carbons (Fsp3) is 0.556. The quantitative estimate of drug-likeness (QED) is 0.670. The Morgan fingerprint density at radius 3 is 2.56 bits per heavy atom. The van der Waals surface area contributed by atoms with Crippen LogP contribution in [0.2, 0.25) is 0 Å². The van der Waals surface area contributed by atoms with Gasteiger partial charge in [0.15, 0.2) is 0 Å². The van der Waals surface area contributed by atoms with Crippen LogP contribution in [0.4, 0.5) is 5.69 Å². The van der Waals surface area contributed by atoms with Crippen LogP contribution >= 0.6 is 0 Å². The van der Waals surface area contributed by atoms with E-state index >= 15 is 0 Å². The highest BCUT2D eigenvalue weighted by molar-refractivity contribution is 7.92. The molecule has 0 spiro atoms. The summed E-state index contributed by atoms with van der Waals surface area (Å²) in [6, 6.07) is 0. The van der Waals surface area contributed by atoms with Crippen molar-refractivity contribution in [1.29, 1.82) is 0 Å². The summed E-state index contributed by atoms with van der Waals surface area (Å²) in [7, 11) is -1.43. The van der Waals surface area contributed by atoms with Gasteiger partial charge in [-0.2, -0.15) is 0 Å². The summed E-state index contributed by atoms with van der Waals surface area (Å²) in [4.78, 5) is 7.46. The van der Waals surface area contributed by atoms with Crippen LogP contribution in [0.1, 0.15) is 12.8 Å². The minimum absolute atomic E-state index is 0.115. The number of hydrogen-bond acceptors (Lipinski definition) is 5. The van der Waals surface area contributed by atoms with Gasteiger partial charge in [0.2, 0.25) is 10.0 Å². The lowest BCUT2D eigenvalue weighted by Crippen LogP contribution is -2.18. The lowest BCUT2D eigenvalue weighted by atomic mass is 10.3.